The number of carbonyl (C=O) groups excluding carboxylic acids is 1. The van der Waals surface area contributed by atoms with Gasteiger partial charge in [0.1, 0.15) is 6.29 Å². The standard InChI is InChI=1S/C7H12O4/c1-4-7(10)5(2-8)6(3-9)11-4/h2,4-7,9-10H,3H2,1H3/t4-,5+,6+,7-/m0/s1. The first kappa shape index (κ1) is 8.64. The Kier molecular flexibility index (Phi) is 2.59. The summed E-state index contributed by atoms with van der Waals surface area (Å²) in [7, 11) is 0. The fourth-order valence-electron chi connectivity index (χ4n) is 1.31. The van der Waals surface area contributed by atoms with Crippen LogP contribution in [-0.4, -0.2) is 41.4 Å². The van der Waals surface area contributed by atoms with Crippen LogP contribution in [0.5, 0.6) is 0 Å². The van der Waals surface area contributed by atoms with E-state index in [2.05, 4.69) is 0 Å². The highest BCUT2D eigenvalue weighted by molar-refractivity contribution is 5.56. The molecule has 1 rings (SSSR count). The molecule has 1 aliphatic rings. The third kappa shape index (κ3) is 1.42. The molecule has 1 fully saturated rings. The third-order valence-corrected chi connectivity index (χ3v) is 2.03. The third-order valence-electron chi connectivity index (χ3n) is 2.03. The summed E-state index contributed by atoms with van der Waals surface area (Å²) in [5, 5.41) is 18.0. The van der Waals surface area contributed by atoms with Gasteiger partial charge in [-0.3, -0.25) is 0 Å². The molecule has 1 saturated heterocycles. The first-order valence-electron chi connectivity index (χ1n) is 3.60. The van der Waals surface area contributed by atoms with Crippen molar-refractivity contribution in [2.75, 3.05) is 6.61 Å². The highest BCUT2D eigenvalue weighted by atomic mass is 16.5. The minimum absolute atomic E-state index is 0.217. The van der Waals surface area contributed by atoms with E-state index in [9.17, 15) is 9.90 Å². The number of hydrogen-bond acceptors (Lipinski definition) is 4. The number of ether oxygens (including phenoxy) is 1. The topological polar surface area (TPSA) is 66.8 Å². The van der Waals surface area contributed by atoms with Gasteiger partial charge in [0.2, 0.25) is 0 Å². The predicted octanol–water partition coefficient (Wildman–Crippen LogP) is -1.06. The summed E-state index contributed by atoms with van der Waals surface area (Å²) < 4.78 is 5.09. The quantitative estimate of drug-likeness (QED) is 0.505. The average molecular weight is 160 g/mol. The Balaban J connectivity index is 2.64. The first-order valence-corrected chi connectivity index (χ1v) is 3.60. The van der Waals surface area contributed by atoms with Gasteiger partial charge in [-0.15, -0.1) is 0 Å². The van der Waals surface area contributed by atoms with Gasteiger partial charge in [-0.05, 0) is 6.92 Å². The van der Waals surface area contributed by atoms with Crippen molar-refractivity contribution in [3.63, 3.8) is 0 Å². The van der Waals surface area contributed by atoms with Crippen molar-refractivity contribution in [3.05, 3.63) is 0 Å². The van der Waals surface area contributed by atoms with Crippen LogP contribution in [-0.2, 0) is 9.53 Å². The Labute approximate surface area is 64.8 Å². The van der Waals surface area contributed by atoms with Crippen molar-refractivity contribution in [2.24, 2.45) is 5.92 Å². The van der Waals surface area contributed by atoms with E-state index in [1.807, 2.05) is 0 Å². The molecule has 0 bridgehead atoms. The van der Waals surface area contributed by atoms with Crippen LogP contribution in [0.4, 0.5) is 0 Å². The van der Waals surface area contributed by atoms with Crippen LogP contribution in [0.2, 0.25) is 0 Å². The van der Waals surface area contributed by atoms with Gasteiger partial charge in [0, 0.05) is 0 Å². The Morgan fingerprint density at radius 3 is 2.64 bits per heavy atom. The van der Waals surface area contributed by atoms with E-state index in [4.69, 9.17) is 9.84 Å². The van der Waals surface area contributed by atoms with Crippen LogP contribution < -0.4 is 0 Å². The van der Waals surface area contributed by atoms with E-state index in [0.29, 0.717) is 6.29 Å². The summed E-state index contributed by atoms with van der Waals surface area (Å²) in [6.45, 7) is 1.46. The van der Waals surface area contributed by atoms with E-state index >= 15 is 0 Å². The number of aliphatic hydroxyl groups excluding tert-OH is 2. The lowest BCUT2D eigenvalue weighted by atomic mass is 9.99. The smallest absolute Gasteiger partial charge is 0.128 e. The van der Waals surface area contributed by atoms with Crippen molar-refractivity contribution in [3.8, 4) is 0 Å². The van der Waals surface area contributed by atoms with Gasteiger partial charge in [-0.25, -0.2) is 0 Å². The summed E-state index contributed by atoms with van der Waals surface area (Å²) in [4.78, 5) is 10.4. The fourth-order valence-corrected chi connectivity index (χ4v) is 1.31. The largest absolute Gasteiger partial charge is 0.394 e. The minimum atomic E-state index is -0.773. The zero-order chi connectivity index (χ0) is 8.43. The molecule has 1 aliphatic heterocycles. The molecule has 0 radical (unpaired) electrons. The van der Waals surface area contributed by atoms with Gasteiger partial charge in [-0.1, -0.05) is 0 Å². The monoisotopic (exact) mass is 160 g/mol. The molecule has 0 aromatic heterocycles. The Hall–Kier alpha value is -0.450. The maximum atomic E-state index is 10.4. The van der Waals surface area contributed by atoms with Gasteiger partial charge in [0.05, 0.1) is 30.8 Å². The zero-order valence-corrected chi connectivity index (χ0v) is 6.30. The molecule has 4 heteroatoms. The normalized spacial score (nSPS) is 44.3. The molecule has 11 heavy (non-hydrogen) atoms. The zero-order valence-electron chi connectivity index (χ0n) is 6.30. The number of aldehydes is 1. The molecule has 0 spiro atoms. The van der Waals surface area contributed by atoms with Gasteiger partial charge >= 0.3 is 0 Å². The van der Waals surface area contributed by atoms with E-state index in [0.717, 1.165) is 0 Å². The Morgan fingerprint density at radius 1 is 1.64 bits per heavy atom. The van der Waals surface area contributed by atoms with Gasteiger partial charge in [0.15, 0.2) is 0 Å². The SMILES string of the molecule is C[C@@H]1O[C@H](CO)[C@@H](C=O)[C@H]1O. The van der Waals surface area contributed by atoms with E-state index in [1.54, 1.807) is 6.92 Å². The van der Waals surface area contributed by atoms with E-state index in [1.165, 1.54) is 0 Å². The predicted molar refractivity (Wildman–Crippen MR) is 37.0 cm³/mol. The number of rotatable bonds is 2. The molecule has 0 amide bonds. The van der Waals surface area contributed by atoms with Crippen LogP contribution in [0.25, 0.3) is 0 Å². The average Bonchev–Trinajstić information content (AvgIpc) is 2.28. The van der Waals surface area contributed by atoms with E-state index < -0.39 is 18.1 Å². The molecule has 0 aromatic carbocycles. The summed E-state index contributed by atoms with van der Waals surface area (Å²) in [6.07, 6.45) is -1.03. The molecule has 0 aromatic rings. The van der Waals surface area contributed by atoms with Gasteiger partial charge in [-0.2, -0.15) is 0 Å². The maximum absolute atomic E-state index is 10.4. The Morgan fingerprint density at radius 2 is 2.27 bits per heavy atom. The molecule has 0 saturated carbocycles. The van der Waals surface area contributed by atoms with Crippen LogP contribution in [0.15, 0.2) is 0 Å². The lowest BCUT2D eigenvalue weighted by Crippen LogP contribution is -2.28. The summed E-state index contributed by atoms with van der Waals surface area (Å²) in [6, 6.07) is 0. The molecule has 0 aliphatic carbocycles. The fraction of sp³-hybridized carbons (Fsp3) is 0.857. The summed E-state index contributed by atoms with van der Waals surface area (Å²) in [5.41, 5.74) is 0. The molecular formula is C7H12O4. The number of aliphatic hydroxyl groups is 2. The summed E-state index contributed by atoms with van der Waals surface area (Å²) in [5.74, 6) is -0.574. The maximum Gasteiger partial charge on any atom is 0.128 e. The highest BCUT2D eigenvalue weighted by Gasteiger charge is 2.40. The Bertz CT molecular complexity index is 147. The number of carbonyl (C=O) groups is 1. The molecule has 64 valence electrons. The molecule has 0 unspecified atom stereocenters. The van der Waals surface area contributed by atoms with E-state index in [-0.39, 0.29) is 12.7 Å². The van der Waals surface area contributed by atoms with Crippen molar-refractivity contribution in [1.82, 2.24) is 0 Å². The molecule has 1 heterocycles. The second-order valence-corrected chi connectivity index (χ2v) is 2.77. The minimum Gasteiger partial charge on any atom is -0.394 e. The lowest BCUT2D eigenvalue weighted by molar-refractivity contribution is -0.115. The molecule has 4 nitrogen and oxygen atoms in total. The number of hydrogen-bond donors (Lipinski definition) is 2. The van der Waals surface area contributed by atoms with Crippen LogP contribution in [0.1, 0.15) is 6.92 Å². The second kappa shape index (κ2) is 3.30. The second-order valence-electron chi connectivity index (χ2n) is 2.77. The molecular weight excluding hydrogens is 148 g/mol. The molecule has 2 N–H and O–H groups in total. The lowest BCUT2D eigenvalue weighted by Gasteiger charge is -2.10. The van der Waals surface area contributed by atoms with Gasteiger partial charge < -0.3 is 19.7 Å². The van der Waals surface area contributed by atoms with Crippen molar-refractivity contribution in [1.29, 1.82) is 0 Å². The van der Waals surface area contributed by atoms with Crippen molar-refractivity contribution < 1.29 is 19.7 Å². The van der Waals surface area contributed by atoms with Crippen LogP contribution in [0.3, 0.4) is 0 Å². The molecule has 4 atom stereocenters. The summed E-state index contributed by atoms with van der Waals surface area (Å²) >= 11 is 0. The van der Waals surface area contributed by atoms with Crippen molar-refractivity contribution in [2.45, 2.75) is 25.2 Å². The van der Waals surface area contributed by atoms with Crippen molar-refractivity contribution >= 4 is 6.29 Å². The first-order chi connectivity index (χ1) is 5.20. The van der Waals surface area contributed by atoms with Gasteiger partial charge in [0.25, 0.3) is 0 Å². The van der Waals surface area contributed by atoms with Crippen LogP contribution in [0, 0.1) is 5.92 Å². The highest BCUT2D eigenvalue weighted by Crippen LogP contribution is 2.24. The van der Waals surface area contributed by atoms with Crippen LogP contribution >= 0.6 is 0 Å².